The van der Waals surface area contributed by atoms with Crippen LogP contribution in [-0.2, 0) is 9.59 Å². The third kappa shape index (κ3) is 4.83. The van der Waals surface area contributed by atoms with Crippen LogP contribution in [0.5, 0.6) is 0 Å². The van der Waals surface area contributed by atoms with E-state index in [0.29, 0.717) is 23.8 Å². The van der Waals surface area contributed by atoms with Gasteiger partial charge in [-0.2, -0.15) is 0 Å². The molecule has 1 N–H and O–H groups in total. The van der Waals surface area contributed by atoms with E-state index >= 15 is 0 Å². The number of likely N-dealkylation sites (tertiary alicyclic amines) is 1. The van der Waals surface area contributed by atoms with Gasteiger partial charge in [-0.3, -0.25) is 9.59 Å². The van der Waals surface area contributed by atoms with Crippen molar-refractivity contribution in [2.24, 2.45) is 5.92 Å². The summed E-state index contributed by atoms with van der Waals surface area (Å²) in [5, 5.41) is 5.20. The molecule has 8 heteroatoms. The Kier molecular flexibility index (Phi) is 6.35. The number of nitrogens with zero attached hydrogens (tertiary/aromatic N) is 2. The number of hydrogen-bond acceptors (Lipinski definition) is 5. The Morgan fingerprint density at radius 1 is 1.23 bits per heavy atom. The summed E-state index contributed by atoms with van der Waals surface area (Å²) >= 11 is 2.80. The minimum Gasteiger partial charge on any atom is -0.338 e. The molecule has 0 spiro atoms. The van der Waals surface area contributed by atoms with E-state index in [4.69, 9.17) is 0 Å². The zero-order valence-electron chi connectivity index (χ0n) is 16.1. The Morgan fingerprint density at radius 3 is 2.90 bits per heavy atom. The van der Waals surface area contributed by atoms with Crippen LogP contribution in [0.15, 0.2) is 54.1 Å². The number of halogens is 1. The Morgan fingerprint density at radius 2 is 2.10 bits per heavy atom. The predicted octanol–water partition coefficient (Wildman–Crippen LogP) is 4.90. The molecule has 2 amide bonds. The van der Waals surface area contributed by atoms with Crippen LogP contribution in [0.25, 0.3) is 16.5 Å². The lowest BCUT2D eigenvalue weighted by atomic mass is 9.97. The van der Waals surface area contributed by atoms with Gasteiger partial charge in [0.2, 0.25) is 11.8 Å². The molecule has 1 aliphatic rings. The average molecular weight is 442 g/mol. The Bertz CT molecular complexity index is 1060. The molecule has 0 aliphatic carbocycles. The summed E-state index contributed by atoms with van der Waals surface area (Å²) in [6.45, 7) is 1.03. The maximum atomic E-state index is 14.0. The number of carbonyl (C=O) groups excluding carboxylic acids is 2. The second-order valence-corrected chi connectivity index (χ2v) is 8.98. The van der Waals surface area contributed by atoms with Crippen LogP contribution in [0.1, 0.15) is 17.7 Å². The zero-order valence-corrected chi connectivity index (χ0v) is 17.7. The van der Waals surface area contributed by atoms with Crippen LogP contribution < -0.4 is 5.32 Å². The van der Waals surface area contributed by atoms with Crippen molar-refractivity contribution in [2.45, 2.75) is 12.8 Å². The molecule has 1 aromatic carbocycles. The number of rotatable bonds is 5. The molecule has 3 aromatic rings. The van der Waals surface area contributed by atoms with Crippen molar-refractivity contribution in [3.63, 3.8) is 0 Å². The molecule has 0 radical (unpaired) electrons. The first kappa shape index (κ1) is 20.4. The van der Waals surface area contributed by atoms with Crippen molar-refractivity contribution < 1.29 is 14.0 Å². The molecule has 1 saturated heterocycles. The van der Waals surface area contributed by atoms with E-state index in [2.05, 4.69) is 10.3 Å². The summed E-state index contributed by atoms with van der Waals surface area (Å²) in [4.78, 5) is 32.5. The number of aromatic nitrogens is 1. The maximum absolute atomic E-state index is 14.0. The fourth-order valence-electron chi connectivity index (χ4n) is 3.39. The van der Waals surface area contributed by atoms with Crippen LogP contribution in [0, 0.1) is 11.7 Å². The van der Waals surface area contributed by atoms with Gasteiger partial charge in [-0.05, 0) is 37.1 Å². The highest BCUT2D eigenvalue weighted by atomic mass is 32.1. The number of thiazole rings is 1. The largest absolute Gasteiger partial charge is 0.338 e. The van der Waals surface area contributed by atoms with E-state index < -0.39 is 0 Å². The minimum absolute atomic E-state index is 0.0979. The lowest BCUT2D eigenvalue weighted by molar-refractivity contribution is -0.130. The fourth-order valence-corrected chi connectivity index (χ4v) is 4.86. The second kappa shape index (κ2) is 9.32. The molecule has 2 aromatic heterocycles. The summed E-state index contributed by atoms with van der Waals surface area (Å²) in [5.41, 5.74) is 0.554. The lowest BCUT2D eigenvalue weighted by Crippen LogP contribution is -2.43. The van der Waals surface area contributed by atoms with E-state index in [1.54, 1.807) is 40.8 Å². The quantitative estimate of drug-likeness (QED) is 0.573. The predicted molar refractivity (Wildman–Crippen MR) is 119 cm³/mol. The monoisotopic (exact) mass is 441 g/mol. The van der Waals surface area contributed by atoms with Crippen molar-refractivity contribution >= 4 is 45.7 Å². The number of hydrogen-bond donors (Lipinski definition) is 1. The SMILES string of the molecule is O=C(Nc1nccs1)C1CCCN(C(=O)C=Cc2ccc(-c3ccccc3F)s2)C1. The molecule has 0 bridgehead atoms. The highest BCUT2D eigenvalue weighted by molar-refractivity contribution is 7.16. The van der Waals surface area contributed by atoms with Crippen LogP contribution >= 0.6 is 22.7 Å². The normalized spacial score (nSPS) is 16.7. The standard InChI is InChI=1S/C22H20FN3O2S2/c23-18-6-2-1-5-17(18)19-9-7-16(30-19)8-10-20(27)26-12-3-4-15(14-26)21(28)25-22-24-11-13-29-22/h1-2,5-11,13,15H,3-4,12,14H2,(H,24,25,28). The molecular weight excluding hydrogens is 421 g/mol. The first-order valence-corrected chi connectivity index (χ1v) is 11.3. The van der Waals surface area contributed by atoms with Crippen molar-refractivity contribution in [2.75, 3.05) is 18.4 Å². The van der Waals surface area contributed by atoms with E-state index in [1.807, 2.05) is 12.1 Å². The third-order valence-corrected chi connectivity index (χ3v) is 6.69. The van der Waals surface area contributed by atoms with Gasteiger partial charge < -0.3 is 10.2 Å². The van der Waals surface area contributed by atoms with E-state index in [0.717, 1.165) is 22.6 Å². The van der Waals surface area contributed by atoms with Crippen molar-refractivity contribution in [3.8, 4) is 10.4 Å². The van der Waals surface area contributed by atoms with Gasteiger partial charge in [-0.15, -0.1) is 22.7 Å². The minimum atomic E-state index is -0.263. The molecule has 154 valence electrons. The molecule has 1 aliphatic heterocycles. The number of anilines is 1. The fraction of sp³-hybridized carbons (Fsp3) is 0.227. The molecule has 4 rings (SSSR count). The van der Waals surface area contributed by atoms with Crippen molar-refractivity contribution in [1.29, 1.82) is 0 Å². The molecule has 1 fully saturated rings. The molecule has 1 unspecified atom stereocenters. The summed E-state index contributed by atoms with van der Waals surface area (Å²) in [5.74, 6) is -0.724. The van der Waals surface area contributed by atoms with Gasteiger partial charge in [-0.25, -0.2) is 9.37 Å². The Labute approximate surface area is 181 Å². The second-order valence-electron chi connectivity index (χ2n) is 6.97. The van der Waals surface area contributed by atoms with Gasteiger partial charge in [0.1, 0.15) is 5.82 Å². The summed E-state index contributed by atoms with van der Waals surface area (Å²) < 4.78 is 14.0. The summed E-state index contributed by atoms with van der Waals surface area (Å²) in [7, 11) is 0. The van der Waals surface area contributed by atoms with Crippen LogP contribution in [0.3, 0.4) is 0 Å². The summed E-state index contributed by atoms with van der Waals surface area (Å²) in [6.07, 6.45) is 6.45. The van der Waals surface area contributed by atoms with Crippen LogP contribution in [0.4, 0.5) is 9.52 Å². The van der Waals surface area contributed by atoms with Gasteiger partial charge in [-0.1, -0.05) is 18.2 Å². The van der Waals surface area contributed by atoms with Crippen molar-refractivity contribution in [1.82, 2.24) is 9.88 Å². The van der Waals surface area contributed by atoms with Gasteiger partial charge in [0.05, 0.1) is 5.92 Å². The summed E-state index contributed by atoms with van der Waals surface area (Å²) in [6, 6.07) is 10.4. The number of piperidine rings is 1. The Hall–Kier alpha value is -2.84. The van der Waals surface area contributed by atoms with E-state index in [-0.39, 0.29) is 23.5 Å². The third-order valence-electron chi connectivity index (χ3n) is 4.92. The molecule has 5 nitrogen and oxygen atoms in total. The first-order chi connectivity index (χ1) is 14.6. The van der Waals surface area contributed by atoms with Gasteiger partial charge in [0, 0.05) is 46.1 Å². The molecule has 3 heterocycles. The molecule has 1 atom stereocenters. The Balaban J connectivity index is 1.37. The molecule has 0 saturated carbocycles. The average Bonchev–Trinajstić information content (AvgIpc) is 3.44. The number of thiophene rings is 1. The van der Waals surface area contributed by atoms with Gasteiger partial charge in [0.15, 0.2) is 5.13 Å². The number of carbonyl (C=O) groups is 2. The van der Waals surface area contributed by atoms with Crippen LogP contribution in [-0.4, -0.2) is 34.8 Å². The van der Waals surface area contributed by atoms with E-state index in [9.17, 15) is 14.0 Å². The van der Waals surface area contributed by atoms with Gasteiger partial charge >= 0.3 is 0 Å². The zero-order chi connectivity index (χ0) is 20.9. The van der Waals surface area contributed by atoms with E-state index in [1.165, 1.54) is 34.8 Å². The maximum Gasteiger partial charge on any atom is 0.246 e. The molecule has 30 heavy (non-hydrogen) atoms. The number of nitrogens with one attached hydrogen (secondary N) is 1. The van der Waals surface area contributed by atoms with Crippen LogP contribution in [0.2, 0.25) is 0 Å². The topological polar surface area (TPSA) is 62.3 Å². The number of benzene rings is 1. The molecular formula is C22H20FN3O2S2. The lowest BCUT2D eigenvalue weighted by Gasteiger charge is -2.31. The highest BCUT2D eigenvalue weighted by Crippen LogP contribution is 2.30. The highest BCUT2D eigenvalue weighted by Gasteiger charge is 2.28. The van der Waals surface area contributed by atoms with Gasteiger partial charge in [0.25, 0.3) is 0 Å². The van der Waals surface area contributed by atoms with Crippen molar-refractivity contribution in [3.05, 3.63) is 64.7 Å². The first-order valence-electron chi connectivity index (χ1n) is 9.62. The smallest absolute Gasteiger partial charge is 0.246 e. The number of amides is 2.